The van der Waals surface area contributed by atoms with E-state index >= 15 is 0 Å². The second kappa shape index (κ2) is 9.32. The first-order valence-electron chi connectivity index (χ1n) is 10.6. The summed E-state index contributed by atoms with van der Waals surface area (Å²) in [6.07, 6.45) is -2.05. The van der Waals surface area contributed by atoms with Crippen molar-refractivity contribution in [3.05, 3.63) is 46.0 Å². The third kappa shape index (κ3) is 5.99. The Kier molecular flexibility index (Phi) is 6.58. The third-order valence-electron chi connectivity index (χ3n) is 5.14. The lowest BCUT2D eigenvalue weighted by Gasteiger charge is -2.22. The molecule has 1 saturated carbocycles. The van der Waals surface area contributed by atoms with Crippen LogP contribution in [0.2, 0.25) is 0 Å². The average Bonchev–Trinajstić information content (AvgIpc) is 3.49. The molecule has 1 fully saturated rings. The zero-order chi connectivity index (χ0) is 25.5. The summed E-state index contributed by atoms with van der Waals surface area (Å²) in [5.41, 5.74) is 5.40. The van der Waals surface area contributed by atoms with Gasteiger partial charge in [-0.3, -0.25) is 14.6 Å². The van der Waals surface area contributed by atoms with Gasteiger partial charge in [-0.15, -0.1) is 18.3 Å². The highest BCUT2D eigenvalue weighted by atomic mass is 79.9. The van der Waals surface area contributed by atoms with Crippen LogP contribution in [0.5, 0.6) is 5.75 Å². The molecule has 1 aromatic carbocycles. The van der Waals surface area contributed by atoms with Gasteiger partial charge < -0.3 is 21.1 Å². The molecule has 4 N–H and O–H groups in total. The van der Waals surface area contributed by atoms with Crippen LogP contribution in [0.3, 0.4) is 0 Å². The number of rotatable bonds is 7. The second-order valence-corrected chi connectivity index (χ2v) is 9.08. The smallest absolute Gasteiger partial charge is 0.406 e. The largest absolute Gasteiger partial charge is 0.573 e. The highest BCUT2D eigenvalue weighted by Crippen LogP contribution is 2.39. The van der Waals surface area contributed by atoms with Gasteiger partial charge in [0.15, 0.2) is 11.6 Å². The first kappa shape index (κ1) is 24.7. The number of carbonyl (C=O) groups excluding carboxylic acids is 2. The highest BCUT2D eigenvalue weighted by Gasteiger charge is 2.33. The SMILES string of the molecule is CC1N=C(C(N)=O)C=C(n2nc(C3CC3)nc2[C@H](C)NC(=O)c2cc(Br)cc(OC(F)(F)F)c2)N1. The lowest BCUT2D eigenvalue weighted by Crippen LogP contribution is -2.37. The Bertz CT molecular complexity index is 1240. The van der Waals surface area contributed by atoms with Crippen molar-refractivity contribution in [2.45, 2.75) is 51.2 Å². The molecule has 1 unspecified atom stereocenters. The average molecular weight is 556 g/mol. The number of ether oxygens (including phenoxy) is 1. The molecule has 35 heavy (non-hydrogen) atoms. The van der Waals surface area contributed by atoms with Crippen LogP contribution >= 0.6 is 15.9 Å². The van der Waals surface area contributed by atoms with E-state index in [9.17, 15) is 22.8 Å². The van der Waals surface area contributed by atoms with E-state index in [4.69, 9.17) is 5.73 Å². The minimum atomic E-state index is -4.90. The van der Waals surface area contributed by atoms with E-state index in [-0.39, 0.29) is 21.7 Å². The number of amides is 2. The third-order valence-corrected chi connectivity index (χ3v) is 5.59. The fourth-order valence-corrected chi connectivity index (χ4v) is 3.94. The molecule has 0 bridgehead atoms. The first-order chi connectivity index (χ1) is 16.4. The Morgan fingerprint density at radius 1 is 1.31 bits per heavy atom. The van der Waals surface area contributed by atoms with Crippen molar-refractivity contribution < 1.29 is 27.5 Å². The molecule has 4 rings (SSSR count). The zero-order valence-corrected chi connectivity index (χ0v) is 20.1. The summed E-state index contributed by atoms with van der Waals surface area (Å²) in [5, 5.41) is 10.4. The van der Waals surface area contributed by atoms with Crippen LogP contribution < -0.4 is 21.1 Å². The predicted octanol–water partition coefficient (Wildman–Crippen LogP) is 2.98. The summed E-state index contributed by atoms with van der Waals surface area (Å²) >= 11 is 3.09. The van der Waals surface area contributed by atoms with Crippen LogP contribution in [0, 0.1) is 0 Å². The Morgan fingerprint density at radius 2 is 2.03 bits per heavy atom. The molecular weight excluding hydrogens is 535 g/mol. The summed E-state index contributed by atoms with van der Waals surface area (Å²) in [6.45, 7) is 3.39. The van der Waals surface area contributed by atoms with Gasteiger partial charge in [0.2, 0.25) is 0 Å². The van der Waals surface area contributed by atoms with Crippen molar-refractivity contribution in [1.29, 1.82) is 0 Å². The summed E-state index contributed by atoms with van der Waals surface area (Å²) in [7, 11) is 0. The molecule has 2 aliphatic rings. The quantitative estimate of drug-likeness (QED) is 0.480. The molecular formula is C21H21BrF3N7O3. The molecule has 1 aliphatic carbocycles. The van der Waals surface area contributed by atoms with Crippen LogP contribution in [0.4, 0.5) is 13.2 Å². The minimum absolute atomic E-state index is 0.0502. The van der Waals surface area contributed by atoms with E-state index in [1.807, 2.05) is 0 Å². The van der Waals surface area contributed by atoms with Gasteiger partial charge in [0.05, 0.1) is 6.04 Å². The number of primary amides is 1. The maximum atomic E-state index is 12.9. The van der Waals surface area contributed by atoms with Gasteiger partial charge in [0, 0.05) is 22.0 Å². The van der Waals surface area contributed by atoms with Gasteiger partial charge in [0.1, 0.15) is 23.4 Å². The fourth-order valence-electron chi connectivity index (χ4n) is 3.46. The van der Waals surface area contributed by atoms with E-state index in [2.05, 4.69) is 46.4 Å². The maximum absolute atomic E-state index is 12.9. The van der Waals surface area contributed by atoms with Gasteiger partial charge in [0.25, 0.3) is 11.8 Å². The molecule has 0 spiro atoms. The Hall–Kier alpha value is -3.42. The van der Waals surface area contributed by atoms with Gasteiger partial charge in [-0.2, -0.15) is 4.68 Å². The van der Waals surface area contributed by atoms with E-state index in [0.717, 1.165) is 25.0 Å². The second-order valence-electron chi connectivity index (χ2n) is 8.16. The number of hydrogen-bond donors (Lipinski definition) is 3. The van der Waals surface area contributed by atoms with Crippen LogP contribution in [0.1, 0.15) is 60.7 Å². The first-order valence-corrected chi connectivity index (χ1v) is 11.4. The number of hydrogen-bond acceptors (Lipinski definition) is 7. The number of alkyl halides is 3. The molecule has 10 nitrogen and oxygen atoms in total. The maximum Gasteiger partial charge on any atom is 0.573 e. The van der Waals surface area contributed by atoms with E-state index < -0.39 is 36.1 Å². The minimum Gasteiger partial charge on any atom is -0.406 e. The lowest BCUT2D eigenvalue weighted by molar-refractivity contribution is -0.274. The van der Waals surface area contributed by atoms with Crippen molar-refractivity contribution in [1.82, 2.24) is 25.4 Å². The van der Waals surface area contributed by atoms with Crippen molar-refractivity contribution in [2.24, 2.45) is 10.7 Å². The molecule has 1 aromatic heterocycles. The van der Waals surface area contributed by atoms with Crippen molar-refractivity contribution in [2.75, 3.05) is 0 Å². The number of nitrogens with zero attached hydrogens (tertiary/aromatic N) is 4. The number of aliphatic imine (C=N–C) groups is 1. The zero-order valence-electron chi connectivity index (χ0n) is 18.6. The Balaban J connectivity index is 1.62. The van der Waals surface area contributed by atoms with Crippen molar-refractivity contribution >= 4 is 39.3 Å². The molecule has 14 heteroatoms. The number of halogens is 4. The summed E-state index contributed by atoms with van der Waals surface area (Å²) < 4.78 is 43.5. The van der Waals surface area contributed by atoms with Crippen LogP contribution in [-0.2, 0) is 4.79 Å². The molecule has 2 amide bonds. The molecule has 0 saturated heterocycles. The summed E-state index contributed by atoms with van der Waals surface area (Å²) in [6, 6.07) is 2.76. The van der Waals surface area contributed by atoms with Gasteiger partial charge in [-0.05, 0) is 44.9 Å². The molecule has 186 valence electrons. The van der Waals surface area contributed by atoms with Crippen LogP contribution in [-0.4, -0.2) is 44.8 Å². The van der Waals surface area contributed by atoms with E-state index in [0.29, 0.717) is 17.5 Å². The van der Waals surface area contributed by atoms with E-state index in [1.54, 1.807) is 13.8 Å². The highest BCUT2D eigenvalue weighted by molar-refractivity contribution is 9.10. The van der Waals surface area contributed by atoms with E-state index in [1.165, 1.54) is 16.8 Å². The normalized spacial score (nSPS) is 18.7. The Morgan fingerprint density at radius 3 is 2.66 bits per heavy atom. The molecule has 2 aromatic rings. The summed E-state index contributed by atoms with van der Waals surface area (Å²) in [5.74, 6) is -0.343. The monoisotopic (exact) mass is 555 g/mol. The number of aromatic nitrogens is 3. The van der Waals surface area contributed by atoms with Crippen molar-refractivity contribution in [3.63, 3.8) is 0 Å². The van der Waals surface area contributed by atoms with Crippen LogP contribution in [0.25, 0.3) is 5.82 Å². The van der Waals surface area contributed by atoms with Gasteiger partial charge >= 0.3 is 6.36 Å². The molecule has 2 atom stereocenters. The molecule has 2 heterocycles. The number of benzene rings is 1. The number of nitrogens with one attached hydrogen (secondary N) is 2. The number of nitrogens with two attached hydrogens (primary N) is 1. The number of carbonyl (C=O) groups is 2. The predicted molar refractivity (Wildman–Crippen MR) is 122 cm³/mol. The van der Waals surface area contributed by atoms with Crippen molar-refractivity contribution in [3.8, 4) is 5.75 Å². The fraction of sp³-hybridized carbons (Fsp3) is 0.381. The Labute approximate surface area is 205 Å². The standard InChI is InChI=1S/C21H21BrF3N7O3/c1-9(27-20(34)12-5-13(22)7-14(6-12)35-21(23,24)25)19-30-18(11-3-4-11)31-32(19)16-8-15(17(26)33)28-10(2)29-16/h5-11,29H,3-4H2,1-2H3,(H2,26,33)(H,27,34)/t9-,10?/m0/s1. The summed E-state index contributed by atoms with van der Waals surface area (Å²) in [4.78, 5) is 33.3. The molecule has 1 aliphatic heterocycles. The van der Waals surface area contributed by atoms with Gasteiger partial charge in [-0.1, -0.05) is 15.9 Å². The lowest BCUT2D eigenvalue weighted by atomic mass is 10.2. The topological polar surface area (TPSA) is 137 Å². The molecule has 0 radical (unpaired) electrons. The van der Waals surface area contributed by atoms with Gasteiger partial charge in [-0.25, -0.2) is 4.98 Å². The van der Waals surface area contributed by atoms with Crippen LogP contribution in [0.15, 0.2) is 33.7 Å².